The number of aromatic nitrogens is 1. The first-order valence-corrected chi connectivity index (χ1v) is 11.9. The number of esters is 1. The number of fused-ring (bicyclic) bond motifs is 1. The van der Waals surface area contributed by atoms with Gasteiger partial charge >= 0.3 is 5.97 Å². The molecule has 0 spiro atoms. The van der Waals surface area contributed by atoms with Gasteiger partial charge in [-0.1, -0.05) is 59.9 Å². The molecule has 0 saturated carbocycles. The first-order chi connectivity index (χ1) is 17.0. The van der Waals surface area contributed by atoms with E-state index in [4.69, 9.17) is 14.2 Å². The van der Waals surface area contributed by atoms with Gasteiger partial charge in [-0.3, -0.25) is 9.36 Å². The number of carbonyl (C=O) groups is 1. The molecule has 1 aliphatic heterocycles. The Morgan fingerprint density at radius 2 is 1.86 bits per heavy atom. The molecule has 0 N–H and O–H groups in total. The second-order valence-electron chi connectivity index (χ2n) is 7.71. The summed E-state index contributed by atoms with van der Waals surface area (Å²) >= 11 is 1.28. The number of hydrogen-bond acceptors (Lipinski definition) is 7. The van der Waals surface area contributed by atoms with Gasteiger partial charge in [0.05, 0.1) is 42.7 Å². The van der Waals surface area contributed by atoms with E-state index in [1.165, 1.54) is 11.3 Å². The molecule has 0 saturated heterocycles. The highest BCUT2D eigenvalue weighted by Gasteiger charge is 2.33. The highest BCUT2D eigenvalue weighted by atomic mass is 32.1. The Bertz CT molecular complexity index is 1480. The third kappa shape index (κ3) is 4.83. The summed E-state index contributed by atoms with van der Waals surface area (Å²) in [6.45, 7) is 3.71. The molecule has 1 atom stereocenters. The van der Waals surface area contributed by atoms with Crippen LogP contribution in [0.5, 0.6) is 11.5 Å². The van der Waals surface area contributed by atoms with Crippen molar-refractivity contribution in [3.8, 4) is 11.5 Å². The van der Waals surface area contributed by atoms with Crippen molar-refractivity contribution in [3.63, 3.8) is 0 Å². The quantitative estimate of drug-likeness (QED) is 0.474. The maximum absolute atomic E-state index is 13.6. The molecule has 4 rings (SSSR count). The van der Waals surface area contributed by atoms with Crippen LogP contribution in [0.4, 0.5) is 0 Å². The van der Waals surface area contributed by atoms with E-state index in [2.05, 4.69) is 4.99 Å². The zero-order valence-corrected chi connectivity index (χ0v) is 20.8. The SMILES string of the molecule is CCOC(=O)C1=C(C)N=c2sc(=CC=Cc3ccccc3)c(=O)n2C1c1ccc(OC)c(OC)c1. The minimum Gasteiger partial charge on any atom is -0.493 e. The fraction of sp³-hybridized carbons (Fsp3) is 0.222. The van der Waals surface area contributed by atoms with Crippen molar-refractivity contribution in [2.24, 2.45) is 4.99 Å². The summed E-state index contributed by atoms with van der Waals surface area (Å²) in [4.78, 5) is 31.7. The van der Waals surface area contributed by atoms with Crippen LogP contribution in [-0.2, 0) is 9.53 Å². The molecule has 8 heteroatoms. The van der Waals surface area contributed by atoms with E-state index < -0.39 is 12.0 Å². The maximum Gasteiger partial charge on any atom is 0.338 e. The first kappa shape index (κ1) is 24.2. The number of benzene rings is 2. The number of nitrogens with zero attached hydrogens (tertiary/aromatic N) is 2. The zero-order valence-electron chi connectivity index (χ0n) is 20.0. The highest BCUT2D eigenvalue weighted by molar-refractivity contribution is 7.07. The number of rotatable bonds is 7. The lowest BCUT2D eigenvalue weighted by Crippen LogP contribution is -2.39. The molecular formula is C27H26N2O5S. The van der Waals surface area contributed by atoms with Crippen LogP contribution < -0.4 is 24.4 Å². The van der Waals surface area contributed by atoms with Gasteiger partial charge < -0.3 is 14.2 Å². The van der Waals surface area contributed by atoms with E-state index in [0.717, 1.165) is 5.56 Å². The Balaban J connectivity index is 1.89. The second-order valence-corrected chi connectivity index (χ2v) is 8.72. The lowest BCUT2D eigenvalue weighted by Gasteiger charge is -2.25. The van der Waals surface area contributed by atoms with Gasteiger partial charge in [-0.05, 0) is 43.2 Å². The van der Waals surface area contributed by atoms with Crippen molar-refractivity contribution in [3.05, 3.63) is 96.7 Å². The molecule has 1 aliphatic rings. The molecule has 0 amide bonds. The Morgan fingerprint density at radius 3 is 2.54 bits per heavy atom. The van der Waals surface area contributed by atoms with Crippen molar-refractivity contribution in [1.82, 2.24) is 4.57 Å². The van der Waals surface area contributed by atoms with Crippen molar-refractivity contribution in [2.45, 2.75) is 19.9 Å². The van der Waals surface area contributed by atoms with Crippen LogP contribution in [0.1, 0.15) is 31.0 Å². The van der Waals surface area contributed by atoms with E-state index in [0.29, 0.717) is 37.7 Å². The summed E-state index contributed by atoms with van der Waals surface area (Å²) < 4.78 is 18.2. The first-order valence-electron chi connectivity index (χ1n) is 11.1. The lowest BCUT2D eigenvalue weighted by molar-refractivity contribution is -0.139. The van der Waals surface area contributed by atoms with Gasteiger partial charge in [0.1, 0.15) is 0 Å². The van der Waals surface area contributed by atoms with Crippen LogP contribution in [0.15, 0.2) is 75.7 Å². The average molecular weight is 491 g/mol. The highest BCUT2D eigenvalue weighted by Crippen LogP contribution is 2.36. The molecule has 1 aromatic heterocycles. The monoisotopic (exact) mass is 490 g/mol. The fourth-order valence-corrected chi connectivity index (χ4v) is 4.95. The Morgan fingerprint density at radius 1 is 1.11 bits per heavy atom. The van der Waals surface area contributed by atoms with Crippen molar-refractivity contribution in [1.29, 1.82) is 0 Å². The van der Waals surface area contributed by atoms with E-state index in [1.807, 2.05) is 48.6 Å². The third-order valence-electron chi connectivity index (χ3n) is 5.58. The smallest absolute Gasteiger partial charge is 0.338 e. The molecule has 0 aliphatic carbocycles. The Labute approximate surface area is 206 Å². The molecule has 2 heterocycles. The Kier molecular flexibility index (Phi) is 7.31. The minimum atomic E-state index is -0.717. The van der Waals surface area contributed by atoms with Crippen LogP contribution in [0, 0.1) is 0 Å². The van der Waals surface area contributed by atoms with E-state index in [-0.39, 0.29) is 12.2 Å². The summed E-state index contributed by atoms with van der Waals surface area (Å²) in [6, 6.07) is 14.5. The van der Waals surface area contributed by atoms with Crippen molar-refractivity contribution < 1.29 is 19.0 Å². The Hall–Kier alpha value is -3.91. The zero-order chi connectivity index (χ0) is 24.9. The van der Waals surface area contributed by atoms with E-state index in [9.17, 15) is 9.59 Å². The van der Waals surface area contributed by atoms with Crippen LogP contribution in [0.25, 0.3) is 12.2 Å². The molecule has 0 fully saturated rings. The van der Waals surface area contributed by atoms with Gasteiger partial charge in [-0.25, -0.2) is 9.79 Å². The standard InChI is InChI=1S/C27H26N2O5S/c1-5-34-26(31)23-17(2)28-27-29(24(23)19-14-15-20(32-3)21(16-19)33-4)25(30)22(35-27)13-9-12-18-10-7-6-8-11-18/h6-16,24H,5H2,1-4H3. The van der Waals surface area contributed by atoms with Gasteiger partial charge in [0, 0.05) is 0 Å². The molecular weight excluding hydrogens is 464 g/mol. The maximum atomic E-state index is 13.6. The van der Waals surface area contributed by atoms with Crippen LogP contribution in [-0.4, -0.2) is 31.4 Å². The van der Waals surface area contributed by atoms with Crippen LogP contribution in [0.3, 0.4) is 0 Å². The normalized spacial score (nSPS) is 15.7. The molecule has 35 heavy (non-hydrogen) atoms. The number of methoxy groups -OCH3 is 2. The van der Waals surface area contributed by atoms with E-state index in [1.54, 1.807) is 50.8 Å². The van der Waals surface area contributed by atoms with Gasteiger partial charge in [0.15, 0.2) is 16.3 Å². The molecule has 0 bridgehead atoms. The molecule has 180 valence electrons. The molecule has 2 aromatic carbocycles. The summed E-state index contributed by atoms with van der Waals surface area (Å²) in [7, 11) is 3.09. The van der Waals surface area contributed by atoms with Gasteiger partial charge in [-0.15, -0.1) is 0 Å². The summed E-state index contributed by atoms with van der Waals surface area (Å²) in [5.41, 5.74) is 2.31. The molecule has 0 radical (unpaired) electrons. The number of allylic oxidation sites excluding steroid dienone is 2. The average Bonchev–Trinajstić information content (AvgIpc) is 3.18. The molecule has 3 aromatic rings. The summed E-state index contributed by atoms with van der Waals surface area (Å²) in [6.07, 6.45) is 5.54. The van der Waals surface area contributed by atoms with Gasteiger partial charge in [-0.2, -0.15) is 0 Å². The number of hydrogen-bond donors (Lipinski definition) is 0. The summed E-state index contributed by atoms with van der Waals surface area (Å²) in [5, 5.41) is 0. The van der Waals surface area contributed by atoms with Crippen LogP contribution in [0.2, 0.25) is 0 Å². The number of carbonyl (C=O) groups excluding carboxylic acids is 1. The molecule has 7 nitrogen and oxygen atoms in total. The molecule has 1 unspecified atom stereocenters. The van der Waals surface area contributed by atoms with Gasteiger partial charge in [0.2, 0.25) is 0 Å². The largest absolute Gasteiger partial charge is 0.493 e. The summed E-state index contributed by atoms with van der Waals surface area (Å²) in [5.74, 6) is 0.538. The lowest BCUT2D eigenvalue weighted by atomic mass is 9.95. The van der Waals surface area contributed by atoms with E-state index >= 15 is 0 Å². The second kappa shape index (κ2) is 10.6. The van der Waals surface area contributed by atoms with Crippen molar-refractivity contribution >= 4 is 29.5 Å². The topological polar surface area (TPSA) is 79.1 Å². The predicted octanol–water partition coefficient (Wildman–Crippen LogP) is 3.48. The fourth-order valence-electron chi connectivity index (χ4n) is 3.95. The van der Waals surface area contributed by atoms with Crippen LogP contribution >= 0.6 is 11.3 Å². The minimum absolute atomic E-state index is 0.211. The number of thiazole rings is 1. The van der Waals surface area contributed by atoms with Crippen molar-refractivity contribution in [2.75, 3.05) is 20.8 Å². The van der Waals surface area contributed by atoms with Gasteiger partial charge in [0.25, 0.3) is 5.56 Å². The third-order valence-corrected chi connectivity index (χ3v) is 6.58. The number of ether oxygens (including phenoxy) is 3. The predicted molar refractivity (Wildman–Crippen MR) is 136 cm³/mol.